The molecule has 0 spiro atoms. The second-order valence-corrected chi connectivity index (χ2v) is 2.10. The van der Waals surface area contributed by atoms with E-state index in [1.165, 1.54) is 0 Å². The largest absolute Gasteiger partial charge is 0.366 e. The lowest BCUT2D eigenvalue weighted by atomic mass is 10.3. The van der Waals surface area contributed by atoms with Gasteiger partial charge >= 0.3 is 0 Å². The highest BCUT2D eigenvalue weighted by molar-refractivity contribution is 5.84. The van der Waals surface area contributed by atoms with Crippen LogP contribution in [0.15, 0.2) is 43.8 Å². The summed E-state index contributed by atoms with van der Waals surface area (Å²) in [4.78, 5) is 13.4. The Hall–Kier alpha value is -1.90. The summed E-state index contributed by atoms with van der Waals surface area (Å²) >= 11 is 0. The molecule has 0 atom stereocenters. The minimum Gasteiger partial charge on any atom is -0.366 e. The molecule has 68 valence electrons. The van der Waals surface area contributed by atoms with Gasteiger partial charge in [-0.05, 0) is 17.7 Å². The van der Waals surface area contributed by atoms with E-state index in [0.717, 1.165) is 11.6 Å². The maximum atomic E-state index is 9.47. The van der Waals surface area contributed by atoms with Gasteiger partial charge in [-0.15, -0.1) is 0 Å². The Morgan fingerprint density at radius 3 is 2.38 bits per heavy atom. The minimum atomic E-state index is -0.481. The normalized spacial score (nSPS) is 7.69. The highest BCUT2D eigenvalue weighted by Gasteiger charge is 1.77. The number of carbonyl (C=O) groups excluding carboxylic acids is 1. The van der Waals surface area contributed by atoms with E-state index in [0.29, 0.717) is 0 Å². The zero-order valence-electron chi connectivity index (χ0n) is 7.31. The number of hydrogen-bond donors (Lipinski definition) is 1. The van der Waals surface area contributed by atoms with Gasteiger partial charge in [0.25, 0.3) is 0 Å². The summed E-state index contributed by atoms with van der Waals surface area (Å²) in [6.07, 6.45) is 6.34. The van der Waals surface area contributed by atoms with Gasteiger partial charge < -0.3 is 5.73 Å². The van der Waals surface area contributed by atoms with Crippen LogP contribution in [0.5, 0.6) is 0 Å². The van der Waals surface area contributed by atoms with E-state index in [9.17, 15) is 4.79 Å². The lowest BCUT2D eigenvalue weighted by molar-refractivity contribution is -0.113. The third-order valence-electron chi connectivity index (χ3n) is 1.12. The molecule has 0 saturated heterocycles. The molecule has 0 aliphatic heterocycles. The van der Waals surface area contributed by atoms with E-state index in [2.05, 4.69) is 23.9 Å². The van der Waals surface area contributed by atoms with Crippen molar-refractivity contribution in [2.45, 2.75) is 0 Å². The molecule has 1 heterocycles. The maximum Gasteiger partial charge on any atom is 0.240 e. The van der Waals surface area contributed by atoms with Crippen LogP contribution in [-0.2, 0) is 4.79 Å². The fourth-order valence-corrected chi connectivity index (χ4v) is 0.497. The number of hydrogen-bond acceptors (Lipinski definition) is 2. The van der Waals surface area contributed by atoms with Crippen molar-refractivity contribution in [2.75, 3.05) is 0 Å². The standard InChI is InChI=1S/C7H7N.C3H5NO/c1-2-7-4-3-5-8-6-7;1-2-3(4)5/h2-6H,1H2;2H,1H2,(H2,4,5). The van der Waals surface area contributed by atoms with E-state index in [4.69, 9.17) is 0 Å². The smallest absolute Gasteiger partial charge is 0.240 e. The third-order valence-corrected chi connectivity index (χ3v) is 1.12. The highest BCUT2D eigenvalue weighted by atomic mass is 16.1. The van der Waals surface area contributed by atoms with Crippen molar-refractivity contribution >= 4 is 12.0 Å². The van der Waals surface area contributed by atoms with Gasteiger partial charge in [0, 0.05) is 12.4 Å². The predicted molar refractivity (Wildman–Crippen MR) is 53.7 cm³/mol. The van der Waals surface area contributed by atoms with Gasteiger partial charge in [0.15, 0.2) is 0 Å². The number of carbonyl (C=O) groups is 1. The number of pyridine rings is 1. The Bertz CT molecular complexity index is 280. The molecule has 3 heteroatoms. The first-order chi connectivity index (χ1) is 6.20. The highest BCUT2D eigenvalue weighted by Crippen LogP contribution is 1.94. The quantitative estimate of drug-likeness (QED) is 0.692. The molecule has 1 amide bonds. The van der Waals surface area contributed by atoms with Crippen LogP contribution in [0.1, 0.15) is 5.56 Å². The van der Waals surface area contributed by atoms with Gasteiger partial charge in [0.1, 0.15) is 0 Å². The summed E-state index contributed by atoms with van der Waals surface area (Å²) in [7, 11) is 0. The molecular weight excluding hydrogens is 164 g/mol. The Morgan fingerprint density at radius 2 is 2.15 bits per heavy atom. The van der Waals surface area contributed by atoms with E-state index >= 15 is 0 Å². The summed E-state index contributed by atoms with van der Waals surface area (Å²) in [5, 5.41) is 0. The second kappa shape index (κ2) is 6.79. The van der Waals surface area contributed by atoms with Gasteiger partial charge in [-0.3, -0.25) is 9.78 Å². The predicted octanol–water partition coefficient (Wildman–Crippen LogP) is 1.38. The van der Waals surface area contributed by atoms with E-state index in [-0.39, 0.29) is 0 Å². The average Bonchev–Trinajstić information content (AvgIpc) is 2.20. The molecule has 1 aromatic rings. The van der Waals surface area contributed by atoms with Crippen molar-refractivity contribution in [3.63, 3.8) is 0 Å². The van der Waals surface area contributed by atoms with Crippen molar-refractivity contribution in [2.24, 2.45) is 5.73 Å². The number of aromatic nitrogens is 1. The van der Waals surface area contributed by atoms with E-state index in [1.54, 1.807) is 18.5 Å². The van der Waals surface area contributed by atoms with E-state index < -0.39 is 5.91 Å². The van der Waals surface area contributed by atoms with Crippen LogP contribution in [0.4, 0.5) is 0 Å². The first-order valence-corrected chi connectivity index (χ1v) is 3.65. The third kappa shape index (κ3) is 6.50. The lowest BCUT2D eigenvalue weighted by Gasteiger charge is -1.84. The van der Waals surface area contributed by atoms with Gasteiger partial charge in [0.2, 0.25) is 5.91 Å². The van der Waals surface area contributed by atoms with Crippen LogP contribution in [0.25, 0.3) is 6.08 Å². The van der Waals surface area contributed by atoms with Crippen molar-refractivity contribution < 1.29 is 4.79 Å². The topological polar surface area (TPSA) is 56.0 Å². The second-order valence-electron chi connectivity index (χ2n) is 2.10. The number of amides is 1. The lowest BCUT2D eigenvalue weighted by Crippen LogP contribution is -2.04. The molecule has 0 fully saturated rings. The zero-order chi connectivity index (χ0) is 10.1. The summed E-state index contributed by atoms with van der Waals surface area (Å²) in [5.74, 6) is -0.481. The monoisotopic (exact) mass is 176 g/mol. The van der Waals surface area contributed by atoms with Crippen molar-refractivity contribution in [3.05, 3.63) is 49.3 Å². The van der Waals surface area contributed by atoms with Crippen LogP contribution in [0.2, 0.25) is 0 Å². The van der Waals surface area contributed by atoms with E-state index in [1.807, 2.05) is 12.1 Å². The molecule has 0 radical (unpaired) electrons. The Morgan fingerprint density at radius 1 is 1.54 bits per heavy atom. The average molecular weight is 176 g/mol. The number of nitrogens with two attached hydrogens (primary N) is 1. The molecule has 0 aromatic carbocycles. The van der Waals surface area contributed by atoms with Crippen molar-refractivity contribution in [1.82, 2.24) is 4.98 Å². The first-order valence-electron chi connectivity index (χ1n) is 3.65. The molecule has 1 aromatic heterocycles. The molecule has 3 nitrogen and oxygen atoms in total. The number of rotatable bonds is 2. The van der Waals surface area contributed by atoms with Crippen LogP contribution in [0, 0.1) is 0 Å². The molecule has 0 aliphatic carbocycles. The van der Waals surface area contributed by atoms with Crippen molar-refractivity contribution in [3.8, 4) is 0 Å². The molecule has 0 bridgehead atoms. The molecule has 0 saturated carbocycles. The summed E-state index contributed by atoms with van der Waals surface area (Å²) < 4.78 is 0. The van der Waals surface area contributed by atoms with Gasteiger partial charge in [-0.2, -0.15) is 0 Å². The summed E-state index contributed by atoms with van der Waals surface area (Å²) in [5.41, 5.74) is 5.60. The van der Waals surface area contributed by atoms with Crippen LogP contribution < -0.4 is 5.73 Å². The van der Waals surface area contributed by atoms with Crippen molar-refractivity contribution in [1.29, 1.82) is 0 Å². The minimum absolute atomic E-state index is 0.481. The first kappa shape index (κ1) is 11.1. The molecular formula is C10H12N2O. The molecule has 1 rings (SSSR count). The van der Waals surface area contributed by atoms with Crippen LogP contribution >= 0.6 is 0 Å². The molecule has 0 aliphatic rings. The number of primary amides is 1. The van der Waals surface area contributed by atoms with Gasteiger partial charge in [-0.25, -0.2) is 0 Å². The SMILES string of the molecule is C=CC(N)=O.C=Cc1cccnc1. The van der Waals surface area contributed by atoms with Crippen LogP contribution in [0.3, 0.4) is 0 Å². The maximum absolute atomic E-state index is 9.47. The fraction of sp³-hybridized carbons (Fsp3) is 0. The Kier molecular flexibility index (Phi) is 5.80. The van der Waals surface area contributed by atoms with Gasteiger partial charge in [-0.1, -0.05) is 25.3 Å². The summed E-state index contributed by atoms with van der Waals surface area (Å²) in [6.45, 7) is 6.68. The molecule has 0 unspecified atom stereocenters. The Labute approximate surface area is 77.6 Å². The summed E-state index contributed by atoms with van der Waals surface area (Å²) in [6, 6.07) is 3.84. The van der Waals surface area contributed by atoms with Crippen LogP contribution in [-0.4, -0.2) is 10.9 Å². The Balaban J connectivity index is 0.000000252. The molecule has 2 N–H and O–H groups in total. The fourth-order valence-electron chi connectivity index (χ4n) is 0.497. The number of nitrogens with zero attached hydrogens (tertiary/aromatic N) is 1. The zero-order valence-corrected chi connectivity index (χ0v) is 7.31. The molecule has 13 heavy (non-hydrogen) atoms. The van der Waals surface area contributed by atoms with Gasteiger partial charge in [0.05, 0.1) is 0 Å².